The van der Waals surface area contributed by atoms with Crippen LogP contribution in [0.15, 0.2) is 24.3 Å². The summed E-state index contributed by atoms with van der Waals surface area (Å²) in [6.45, 7) is 2.54. The van der Waals surface area contributed by atoms with Gasteiger partial charge in [-0.1, -0.05) is 30.7 Å². The molecule has 1 fully saturated rings. The van der Waals surface area contributed by atoms with Crippen LogP contribution >= 0.6 is 0 Å². The van der Waals surface area contributed by atoms with Crippen LogP contribution in [0.25, 0.3) is 0 Å². The molecule has 0 radical (unpaired) electrons. The van der Waals surface area contributed by atoms with E-state index in [1.165, 1.54) is 30.4 Å². The number of rotatable bonds is 6. The van der Waals surface area contributed by atoms with Crippen LogP contribution in [-0.4, -0.2) is 29.2 Å². The van der Waals surface area contributed by atoms with E-state index >= 15 is 0 Å². The standard InChI is InChI=1S/C14H22N2O/c15-10-12-3-1-4-13(9-12)11-16(7-8-17)14-5-2-6-14/h1,3-4,9,14,17H,2,5-8,10-11,15H2. The van der Waals surface area contributed by atoms with E-state index in [0.717, 1.165) is 13.1 Å². The van der Waals surface area contributed by atoms with Crippen molar-refractivity contribution in [2.45, 2.75) is 38.4 Å². The molecule has 0 aliphatic heterocycles. The molecule has 0 aromatic heterocycles. The van der Waals surface area contributed by atoms with Gasteiger partial charge in [-0.2, -0.15) is 0 Å². The van der Waals surface area contributed by atoms with Gasteiger partial charge in [-0.25, -0.2) is 0 Å². The van der Waals surface area contributed by atoms with Gasteiger partial charge in [-0.05, 0) is 24.0 Å². The Morgan fingerprint density at radius 1 is 1.29 bits per heavy atom. The average Bonchev–Trinajstić information content (AvgIpc) is 2.27. The molecular weight excluding hydrogens is 212 g/mol. The fourth-order valence-electron chi connectivity index (χ4n) is 2.36. The molecule has 0 bridgehead atoms. The largest absolute Gasteiger partial charge is 0.395 e. The van der Waals surface area contributed by atoms with Crippen LogP contribution in [0.2, 0.25) is 0 Å². The number of hydrogen-bond acceptors (Lipinski definition) is 3. The van der Waals surface area contributed by atoms with Gasteiger partial charge >= 0.3 is 0 Å². The molecule has 2 rings (SSSR count). The summed E-state index contributed by atoms with van der Waals surface area (Å²) in [6, 6.07) is 9.10. The molecule has 3 nitrogen and oxygen atoms in total. The van der Waals surface area contributed by atoms with Gasteiger partial charge in [-0.3, -0.25) is 4.90 Å². The Kier molecular flexibility index (Phi) is 4.54. The van der Waals surface area contributed by atoms with Crippen molar-refractivity contribution >= 4 is 0 Å². The van der Waals surface area contributed by atoms with E-state index < -0.39 is 0 Å². The Labute approximate surface area is 103 Å². The number of hydrogen-bond donors (Lipinski definition) is 2. The van der Waals surface area contributed by atoms with Gasteiger partial charge in [0, 0.05) is 25.7 Å². The molecule has 1 saturated carbocycles. The average molecular weight is 234 g/mol. The summed E-state index contributed by atoms with van der Waals surface area (Å²) >= 11 is 0. The molecule has 94 valence electrons. The fraction of sp³-hybridized carbons (Fsp3) is 0.571. The van der Waals surface area contributed by atoms with E-state index in [9.17, 15) is 0 Å². The molecule has 3 N–H and O–H groups in total. The third-order valence-corrected chi connectivity index (χ3v) is 3.59. The molecule has 0 unspecified atom stereocenters. The second kappa shape index (κ2) is 6.15. The summed E-state index contributed by atoms with van der Waals surface area (Å²) in [5.74, 6) is 0. The Morgan fingerprint density at radius 3 is 2.65 bits per heavy atom. The maximum absolute atomic E-state index is 9.12. The highest BCUT2D eigenvalue weighted by atomic mass is 16.3. The molecule has 17 heavy (non-hydrogen) atoms. The Bertz CT molecular complexity index is 350. The van der Waals surface area contributed by atoms with Crippen LogP contribution in [-0.2, 0) is 13.1 Å². The van der Waals surface area contributed by atoms with Crippen molar-refractivity contribution in [3.8, 4) is 0 Å². The SMILES string of the molecule is NCc1cccc(CN(CCO)C2CCC2)c1. The summed E-state index contributed by atoms with van der Waals surface area (Å²) in [5, 5.41) is 9.12. The monoisotopic (exact) mass is 234 g/mol. The normalized spacial score (nSPS) is 16.2. The van der Waals surface area contributed by atoms with Crippen molar-refractivity contribution < 1.29 is 5.11 Å². The molecule has 0 heterocycles. The van der Waals surface area contributed by atoms with Crippen molar-refractivity contribution in [1.29, 1.82) is 0 Å². The van der Waals surface area contributed by atoms with E-state index in [0.29, 0.717) is 12.6 Å². The highest BCUT2D eigenvalue weighted by Crippen LogP contribution is 2.26. The van der Waals surface area contributed by atoms with E-state index in [1.807, 2.05) is 0 Å². The first-order valence-electron chi connectivity index (χ1n) is 6.46. The molecular formula is C14H22N2O. The lowest BCUT2D eigenvalue weighted by Gasteiger charge is -2.37. The first-order valence-corrected chi connectivity index (χ1v) is 6.46. The number of nitrogens with zero attached hydrogens (tertiary/aromatic N) is 1. The first-order chi connectivity index (χ1) is 8.33. The second-order valence-corrected chi connectivity index (χ2v) is 4.80. The minimum Gasteiger partial charge on any atom is -0.395 e. The van der Waals surface area contributed by atoms with Gasteiger partial charge in [0.1, 0.15) is 0 Å². The highest BCUT2D eigenvalue weighted by Gasteiger charge is 2.24. The predicted molar refractivity (Wildman–Crippen MR) is 69.5 cm³/mol. The minimum absolute atomic E-state index is 0.243. The van der Waals surface area contributed by atoms with Gasteiger partial charge < -0.3 is 10.8 Å². The van der Waals surface area contributed by atoms with Gasteiger partial charge in [-0.15, -0.1) is 0 Å². The zero-order valence-corrected chi connectivity index (χ0v) is 10.3. The number of aliphatic hydroxyl groups is 1. The van der Waals surface area contributed by atoms with Gasteiger partial charge in [0.05, 0.1) is 6.61 Å². The lowest BCUT2D eigenvalue weighted by atomic mass is 9.91. The molecule has 0 atom stereocenters. The van der Waals surface area contributed by atoms with Crippen LogP contribution in [0.3, 0.4) is 0 Å². The highest BCUT2D eigenvalue weighted by molar-refractivity contribution is 5.23. The molecule has 0 spiro atoms. The number of aliphatic hydroxyl groups excluding tert-OH is 1. The van der Waals surface area contributed by atoms with E-state index in [-0.39, 0.29) is 6.61 Å². The summed E-state index contributed by atoms with van der Waals surface area (Å²) in [7, 11) is 0. The molecule has 1 aliphatic rings. The maximum atomic E-state index is 9.12. The fourth-order valence-corrected chi connectivity index (χ4v) is 2.36. The molecule has 0 saturated heterocycles. The quantitative estimate of drug-likeness (QED) is 0.784. The Morgan fingerprint density at radius 2 is 2.06 bits per heavy atom. The molecule has 1 aromatic carbocycles. The third kappa shape index (κ3) is 3.28. The number of benzene rings is 1. The van der Waals surface area contributed by atoms with Crippen molar-refractivity contribution in [3.63, 3.8) is 0 Å². The lowest BCUT2D eigenvalue weighted by Crippen LogP contribution is -2.41. The van der Waals surface area contributed by atoms with Gasteiger partial charge in [0.15, 0.2) is 0 Å². The summed E-state index contributed by atoms with van der Waals surface area (Å²) < 4.78 is 0. The predicted octanol–water partition coefficient (Wildman–Crippen LogP) is 1.49. The molecule has 3 heteroatoms. The second-order valence-electron chi connectivity index (χ2n) is 4.80. The van der Waals surface area contributed by atoms with Gasteiger partial charge in [0.2, 0.25) is 0 Å². The van der Waals surface area contributed by atoms with Gasteiger partial charge in [0.25, 0.3) is 0 Å². The van der Waals surface area contributed by atoms with Crippen molar-refractivity contribution in [2.24, 2.45) is 5.73 Å². The van der Waals surface area contributed by atoms with E-state index in [2.05, 4.69) is 29.2 Å². The Balaban J connectivity index is 2.00. The summed E-state index contributed by atoms with van der Waals surface area (Å²) in [6.07, 6.45) is 3.88. The van der Waals surface area contributed by atoms with Crippen LogP contribution < -0.4 is 5.73 Å². The smallest absolute Gasteiger partial charge is 0.0558 e. The zero-order chi connectivity index (χ0) is 12.1. The zero-order valence-electron chi connectivity index (χ0n) is 10.3. The molecule has 0 amide bonds. The molecule has 1 aromatic rings. The minimum atomic E-state index is 0.243. The van der Waals surface area contributed by atoms with Crippen LogP contribution in [0.5, 0.6) is 0 Å². The van der Waals surface area contributed by atoms with Crippen LogP contribution in [0, 0.1) is 0 Å². The first kappa shape index (κ1) is 12.6. The maximum Gasteiger partial charge on any atom is 0.0558 e. The third-order valence-electron chi connectivity index (χ3n) is 3.59. The lowest BCUT2D eigenvalue weighted by molar-refractivity contribution is 0.0945. The van der Waals surface area contributed by atoms with Crippen molar-refractivity contribution in [3.05, 3.63) is 35.4 Å². The number of nitrogens with two attached hydrogens (primary N) is 1. The summed E-state index contributed by atoms with van der Waals surface area (Å²) in [4.78, 5) is 2.39. The van der Waals surface area contributed by atoms with Crippen LogP contribution in [0.4, 0.5) is 0 Å². The van der Waals surface area contributed by atoms with E-state index in [4.69, 9.17) is 10.8 Å². The van der Waals surface area contributed by atoms with Crippen molar-refractivity contribution in [2.75, 3.05) is 13.2 Å². The van der Waals surface area contributed by atoms with Crippen LogP contribution in [0.1, 0.15) is 30.4 Å². The topological polar surface area (TPSA) is 49.5 Å². The van der Waals surface area contributed by atoms with E-state index in [1.54, 1.807) is 0 Å². The Hall–Kier alpha value is -0.900. The summed E-state index contributed by atoms with van der Waals surface area (Å²) in [5.41, 5.74) is 8.13. The molecule has 1 aliphatic carbocycles. The van der Waals surface area contributed by atoms with Crippen molar-refractivity contribution in [1.82, 2.24) is 4.90 Å².